The van der Waals surface area contributed by atoms with Crippen LogP contribution in [0.15, 0.2) is 48.5 Å². The first-order chi connectivity index (χ1) is 11.9. The summed E-state index contributed by atoms with van der Waals surface area (Å²) in [5.74, 6) is -0.759. The fourth-order valence-electron chi connectivity index (χ4n) is 2.48. The molecule has 128 valence electrons. The van der Waals surface area contributed by atoms with E-state index in [1.165, 1.54) is 12.1 Å². The average Bonchev–Trinajstić information content (AvgIpc) is 2.82. The number of thioether (sulfide) groups is 1. The fraction of sp³-hybridized carbons (Fsp3) is 0.167. The van der Waals surface area contributed by atoms with Gasteiger partial charge in [-0.25, -0.2) is 4.90 Å². The van der Waals surface area contributed by atoms with Gasteiger partial charge >= 0.3 is 0 Å². The highest BCUT2D eigenvalue weighted by molar-refractivity contribution is 8.15. The van der Waals surface area contributed by atoms with Crippen LogP contribution in [0.3, 0.4) is 0 Å². The third-order valence-electron chi connectivity index (χ3n) is 3.71. The van der Waals surface area contributed by atoms with Gasteiger partial charge < -0.3 is 10.4 Å². The van der Waals surface area contributed by atoms with E-state index >= 15 is 0 Å². The Labute approximate surface area is 148 Å². The molecular weight excluding hydrogens is 340 g/mol. The van der Waals surface area contributed by atoms with E-state index in [1.807, 2.05) is 19.1 Å². The van der Waals surface area contributed by atoms with Crippen molar-refractivity contribution in [1.29, 1.82) is 0 Å². The van der Waals surface area contributed by atoms with Crippen molar-refractivity contribution in [1.82, 2.24) is 0 Å². The lowest BCUT2D eigenvalue weighted by atomic mass is 10.2. The molecule has 6 nitrogen and oxygen atoms in total. The minimum atomic E-state index is -0.758. The second kappa shape index (κ2) is 6.98. The molecule has 3 amide bonds. The molecule has 1 aliphatic heterocycles. The van der Waals surface area contributed by atoms with Gasteiger partial charge in [0.2, 0.25) is 11.8 Å². The molecule has 1 aliphatic rings. The Morgan fingerprint density at radius 3 is 2.60 bits per heavy atom. The molecule has 0 aliphatic carbocycles. The number of amides is 3. The molecule has 3 rings (SSSR count). The van der Waals surface area contributed by atoms with Gasteiger partial charge in [0.15, 0.2) is 0 Å². The van der Waals surface area contributed by atoms with Crippen molar-refractivity contribution in [3.63, 3.8) is 0 Å². The number of rotatable bonds is 4. The molecule has 1 saturated heterocycles. The molecule has 1 atom stereocenters. The number of phenolic OH excluding ortho intramolecular Hbond substituents is 1. The summed E-state index contributed by atoms with van der Waals surface area (Å²) in [4.78, 5) is 37.9. The molecule has 1 unspecified atom stereocenters. The summed E-state index contributed by atoms with van der Waals surface area (Å²) in [5.41, 5.74) is 1.96. The number of aryl methyl sites for hydroxylation is 1. The van der Waals surface area contributed by atoms with Gasteiger partial charge in [-0.3, -0.25) is 14.4 Å². The lowest BCUT2D eigenvalue weighted by molar-refractivity contribution is -0.121. The van der Waals surface area contributed by atoms with E-state index in [1.54, 1.807) is 24.3 Å². The van der Waals surface area contributed by atoms with Gasteiger partial charge in [-0.15, -0.1) is 0 Å². The number of anilines is 2. The SMILES string of the molecule is Cc1ccc(N2C(=O)SC(CC(=O)Nc3cccc(O)c3)C2=O)cc1. The number of aromatic hydroxyl groups is 1. The summed E-state index contributed by atoms with van der Waals surface area (Å²) < 4.78 is 0. The highest BCUT2D eigenvalue weighted by atomic mass is 32.2. The van der Waals surface area contributed by atoms with Crippen LogP contribution in [0.5, 0.6) is 5.75 Å². The van der Waals surface area contributed by atoms with E-state index in [0.29, 0.717) is 11.4 Å². The first kappa shape index (κ1) is 17.0. The van der Waals surface area contributed by atoms with E-state index in [0.717, 1.165) is 22.2 Å². The predicted octanol–water partition coefficient (Wildman–Crippen LogP) is 3.30. The highest BCUT2D eigenvalue weighted by Gasteiger charge is 2.41. The summed E-state index contributed by atoms with van der Waals surface area (Å²) >= 11 is 0.850. The quantitative estimate of drug-likeness (QED) is 0.878. The Balaban J connectivity index is 1.67. The second-order valence-corrected chi connectivity index (χ2v) is 6.84. The van der Waals surface area contributed by atoms with Crippen molar-refractivity contribution in [2.75, 3.05) is 10.2 Å². The molecule has 25 heavy (non-hydrogen) atoms. The number of nitrogens with zero attached hydrogens (tertiary/aromatic N) is 1. The first-order valence-electron chi connectivity index (χ1n) is 7.64. The molecule has 0 saturated carbocycles. The van der Waals surface area contributed by atoms with Crippen LogP contribution >= 0.6 is 11.8 Å². The largest absolute Gasteiger partial charge is 0.508 e. The molecule has 0 aromatic heterocycles. The molecule has 0 bridgehead atoms. The van der Waals surface area contributed by atoms with Gasteiger partial charge in [0, 0.05) is 18.2 Å². The standard InChI is InChI=1S/C18H16N2O4S/c1-11-5-7-13(8-6-11)20-17(23)15(25-18(20)24)10-16(22)19-12-3-2-4-14(21)9-12/h2-9,15,21H,10H2,1H3,(H,19,22). The van der Waals surface area contributed by atoms with Crippen LogP contribution in [-0.2, 0) is 9.59 Å². The van der Waals surface area contributed by atoms with E-state index in [9.17, 15) is 19.5 Å². The first-order valence-corrected chi connectivity index (χ1v) is 8.52. The van der Waals surface area contributed by atoms with Crippen LogP contribution in [0.2, 0.25) is 0 Å². The summed E-state index contributed by atoms with van der Waals surface area (Å²) in [6.45, 7) is 1.92. The van der Waals surface area contributed by atoms with Crippen molar-refractivity contribution in [2.45, 2.75) is 18.6 Å². The van der Waals surface area contributed by atoms with Crippen molar-refractivity contribution in [3.8, 4) is 5.75 Å². The third kappa shape index (κ3) is 3.83. The van der Waals surface area contributed by atoms with Crippen molar-refractivity contribution in [2.24, 2.45) is 0 Å². The lowest BCUT2D eigenvalue weighted by Gasteiger charge is -2.14. The Morgan fingerprint density at radius 1 is 1.20 bits per heavy atom. The van der Waals surface area contributed by atoms with Gasteiger partial charge in [0.25, 0.3) is 5.24 Å². The Kier molecular flexibility index (Phi) is 4.76. The van der Waals surface area contributed by atoms with Gasteiger partial charge in [0.1, 0.15) is 11.0 Å². The number of benzene rings is 2. The van der Waals surface area contributed by atoms with Crippen LogP contribution < -0.4 is 10.2 Å². The lowest BCUT2D eigenvalue weighted by Crippen LogP contribution is -2.32. The number of hydrogen-bond acceptors (Lipinski definition) is 5. The number of carbonyl (C=O) groups is 3. The molecule has 0 spiro atoms. The van der Waals surface area contributed by atoms with Crippen LogP contribution in [0.4, 0.5) is 16.2 Å². The topological polar surface area (TPSA) is 86.7 Å². The zero-order valence-electron chi connectivity index (χ0n) is 13.4. The van der Waals surface area contributed by atoms with Crippen LogP contribution in [0, 0.1) is 6.92 Å². The van der Waals surface area contributed by atoms with Gasteiger partial charge in [-0.05, 0) is 43.0 Å². The molecule has 0 radical (unpaired) electrons. The Bertz CT molecular complexity index is 835. The maximum Gasteiger partial charge on any atom is 0.293 e. The zero-order chi connectivity index (χ0) is 18.0. The van der Waals surface area contributed by atoms with Crippen molar-refractivity contribution < 1.29 is 19.5 Å². The summed E-state index contributed by atoms with van der Waals surface area (Å²) in [6, 6.07) is 13.2. The number of imide groups is 1. The average molecular weight is 356 g/mol. The molecule has 1 fully saturated rings. The van der Waals surface area contributed by atoms with Crippen LogP contribution in [0.25, 0.3) is 0 Å². The molecule has 1 heterocycles. The fourth-order valence-corrected chi connectivity index (χ4v) is 3.46. The van der Waals surface area contributed by atoms with Gasteiger partial charge in [-0.1, -0.05) is 23.8 Å². The molecule has 7 heteroatoms. The summed E-state index contributed by atoms with van der Waals surface area (Å²) in [6.07, 6.45) is -0.118. The third-order valence-corrected chi connectivity index (χ3v) is 4.75. The predicted molar refractivity (Wildman–Crippen MR) is 96.8 cm³/mol. The minimum absolute atomic E-state index is 0.0323. The van der Waals surface area contributed by atoms with Crippen LogP contribution in [-0.4, -0.2) is 27.4 Å². The highest BCUT2D eigenvalue weighted by Crippen LogP contribution is 2.33. The second-order valence-electron chi connectivity index (χ2n) is 5.68. The maximum absolute atomic E-state index is 12.5. The van der Waals surface area contributed by atoms with Gasteiger partial charge in [0.05, 0.1) is 5.69 Å². The van der Waals surface area contributed by atoms with Crippen LogP contribution in [0.1, 0.15) is 12.0 Å². The zero-order valence-corrected chi connectivity index (χ0v) is 14.2. The number of phenols is 1. The Hall–Kier alpha value is -2.80. The summed E-state index contributed by atoms with van der Waals surface area (Å²) in [5, 5.41) is 10.9. The monoisotopic (exact) mass is 356 g/mol. The van der Waals surface area contributed by atoms with Crippen molar-refractivity contribution in [3.05, 3.63) is 54.1 Å². The maximum atomic E-state index is 12.5. The number of carbonyl (C=O) groups excluding carboxylic acids is 3. The van der Waals surface area contributed by atoms with E-state index in [-0.39, 0.29) is 17.4 Å². The molecular formula is C18H16N2O4S. The minimum Gasteiger partial charge on any atom is -0.508 e. The molecule has 2 aromatic carbocycles. The Morgan fingerprint density at radius 2 is 1.92 bits per heavy atom. The van der Waals surface area contributed by atoms with Crippen molar-refractivity contribution >= 4 is 40.2 Å². The summed E-state index contributed by atoms with van der Waals surface area (Å²) in [7, 11) is 0. The number of nitrogens with one attached hydrogen (secondary N) is 1. The molecule has 2 N–H and O–H groups in total. The normalized spacial score (nSPS) is 17.0. The van der Waals surface area contributed by atoms with E-state index in [4.69, 9.17) is 0 Å². The number of hydrogen-bond donors (Lipinski definition) is 2. The van der Waals surface area contributed by atoms with E-state index < -0.39 is 17.1 Å². The smallest absolute Gasteiger partial charge is 0.293 e. The van der Waals surface area contributed by atoms with Gasteiger partial charge in [-0.2, -0.15) is 0 Å². The van der Waals surface area contributed by atoms with E-state index in [2.05, 4.69) is 5.32 Å². The molecule has 2 aromatic rings.